The van der Waals surface area contributed by atoms with Crippen molar-refractivity contribution in [3.8, 4) is 32.7 Å². The van der Waals surface area contributed by atoms with E-state index in [-0.39, 0.29) is 11.1 Å². The van der Waals surface area contributed by atoms with E-state index >= 15 is 4.39 Å². The minimum absolute atomic E-state index is 0.259. The highest BCUT2D eigenvalue weighted by atomic mass is 32.1. The predicted octanol–water partition coefficient (Wildman–Crippen LogP) is 5.63. The molecule has 0 aliphatic heterocycles. The van der Waals surface area contributed by atoms with Gasteiger partial charge in [-0.15, -0.1) is 11.3 Å². The molecule has 0 amide bonds. The molecule has 1 aliphatic carbocycles. The summed E-state index contributed by atoms with van der Waals surface area (Å²) in [6, 6.07) is 11.0. The molecule has 3 nitrogen and oxygen atoms in total. The molecule has 0 atom stereocenters. The second-order valence-electron chi connectivity index (χ2n) is 6.86. The van der Waals surface area contributed by atoms with Crippen LogP contribution in [-0.2, 0) is 6.61 Å². The zero-order chi connectivity index (χ0) is 19.0. The third-order valence-electron chi connectivity index (χ3n) is 5.37. The van der Waals surface area contributed by atoms with Gasteiger partial charge in [-0.25, -0.2) is 13.8 Å². The zero-order valence-corrected chi connectivity index (χ0v) is 15.2. The fourth-order valence-corrected chi connectivity index (χ4v) is 5.16. The summed E-state index contributed by atoms with van der Waals surface area (Å²) in [6.45, 7) is -0.694. The average molecular weight is 390 g/mol. The minimum atomic E-state index is -0.748. The molecule has 6 heteroatoms. The van der Waals surface area contributed by atoms with Crippen LogP contribution in [0, 0.1) is 11.6 Å². The molecule has 2 aromatic carbocycles. The van der Waals surface area contributed by atoms with Crippen molar-refractivity contribution >= 4 is 27.1 Å². The van der Waals surface area contributed by atoms with Gasteiger partial charge in [0, 0.05) is 56.0 Å². The van der Waals surface area contributed by atoms with E-state index in [1.54, 1.807) is 17.5 Å². The number of nitrogens with zero attached hydrogens (tertiary/aromatic N) is 2. The first kappa shape index (κ1) is 15.9. The Morgan fingerprint density at radius 1 is 1.04 bits per heavy atom. The van der Waals surface area contributed by atoms with Gasteiger partial charge in [-0.2, -0.15) is 0 Å². The van der Waals surface area contributed by atoms with E-state index < -0.39 is 18.2 Å². The number of aliphatic hydroxyl groups is 1. The van der Waals surface area contributed by atoms with Crippen LogP contribution in [0.5, 0.6) is 0 Å². The molecule has 0 saturated heterocycles. The van der Waals surface area contributed by atoms with Gasteiger partial charge in [0.2, 0.25) is 0 Å². The lowest BCUT2D eigenvalue weighted by Crippen LogP contribution is -2.01. The number of thiophene rings is 1. The predicted molar refractivity (Wildman–Crippen MR) is 106 cm³/mol. The normalized spacial score (nSPS) is 12.2. The van der Waals surface area contributed by atoms with E-state index in [9.17, 15) is 9.50 Å². The molecule has 1 N–H and O–H groups in total. The highest BCUT2D eigenvalue weighted by Crippen LogP contribution is 2.49. The second kappa shape index (κ2) is 5.47. The van der Waals surface area contributed by atoms with Crippen LogP contribution < -0.4 is 0 Å². The summed E-state index contributed by atoms with van der Waals surface area (Å²) >= 11 is 1.67. The Labute approximate surface area is 162 Å². The number of halogens is 2. The largest absolute Gasteiger partial charge is 0.391 e. The number of pyridine rings is 1. The topological polar surface area (TPSA) is 37.5 Å². The molecule has 0 radical (unpaired) electrons. The average Bonchev–Trinajstić information content (AvgIpc) is 3.29. The molecule has 3 bridgehead atoms. The molecule has 6 rings (SSSR count). The van der Waals surface area contributed by atoms with Crippen molar-refractivity contribution in [2.24, 2.45) is 0 Å². The Balaban J connectivity index is 1.80. The van der Waals surface area contributed by atoms with Crippen molar-refractivity contribution in [2.45, 2.75) is 6.61 Å². The van der Waals surface area contributed by atoms with E-state index in [4.69, 9.17) is 0 Å². The van der Waals surface area contributed by atoms with E-state index in [1.807, 2.05) is 22.9 Å². The lowest BCUT2D eigenvalue weighted by Gasteiger charge is -2.18. The molecule has 136 valence electrons. The van der Waals surface area contributed by atoms with Crippen molar-refractivity contribution < 1.29 is 13.9 Å². The van der Waals surface area contributed by atoms with Gasteiger partial charge in [-0.05, 0) is 41.3 Å². The highest BCUT2D eigenvalue weighted by molar-refractivity contribution is 7.22. The van der Waals surface area contributed by atoms with Crippen LogP contribution in [0.25, 0.3) is 48.4 Å². The van der Waals surface area contributed by atoms with E-state index in [0.717, 1.165) is 32.6 Å². The van der Waals surface area contributed by atoms with Crippen LogP contribution in [0.2, 0.25) is 0 Å². The van der Waals surface area contributed by atoms with Crippen LogP contribution in [0.1, 0.15) is 5.56 Å². The molecule has 0 saturated carbocycles. The van der Waals surface area contributed by atoms with Crippen LogP contribution in [0.3, 0.4) is 0 Å². The van der Waals surface area contributed by atoms with Gasteiger partial charge in [-0.3, -0.25) is 0 Å². The Hall–Kier alpha value is -3.09. The van der Waals surface area contributed by atoms with Crippen LogP contribution in [-0.4, -0.2) is 14.5 Å². The standard InChI is InChI=1S/C22H12F2N2OS/c23-16-3-2-13(21(24)15(16)10-27)14-9-26-6-5-25-22(26)20-18-8-12-7-11(19(14)20)1-4-17(12)28-18/h1-9,27H,10H2. The first-order valence-electron chi connectivity index (χ1n) is 8.78. The maximum atomic E-state index is 15.2. The van der Waals surface area contributed by atoms with Crippen LogP contribution in [0.15, 0.2) is 55.0 Å². The molecule has 0 spiro atoms. The monoisotopic (exact) mass is 390 g/mol. The van der Waals surface area contributed by atoms with Gasteiger partial charge < -0.3 is 9.51 Å². The number of benzene rings is 2. The third-order valence-corrected chi connectivity index (χ3v) is 6.50. The zero-order valence-electron chi connectivity index (χ0n) is 14.4. The summed E-state index contributed by atoms with van der Waals surface area (Å²) in [5.41, 5.74) is 4.16. The molecule has 3 heterocycles. The number of hydrogen-bond acceptors (Lipinski definition) is 3. The SMILES string of the molecule is OCc1c(F)ccc(-c2cn3ccnc3c3c2-c2ccc4sc-3cc4c2)c1F. The van der Waals surface area contributed by atoms with Gasteiger partial charge in [0.1, 0.15) is 17.3 Å². The number of fused-ring (bicyclic) bond motifs is 7. The molecule has 3 aromatic heterocycles. The fraction of sp³-hybridized carbons (Fsp3) is 0.0455. The lowest BCUT2D eigenvalue weighted by atomic mass is 9.91. The van der Waals surface area contributed by atoms with Crippen molar-refractivity contribution in [2.75, 3.05) is 0 Å². The number of rotatable bonds is 2. The number of imidazole rings is 1. The van der Waals surface area contributed by atoms with E-state index in [2.05, 4.69) is 23.2 Å². The molecule has 5 aromatic rings. The summed E-state index contributed by atoms with van der Waals surface area (Å²) in [5.74, 6) is -1.48. The highest BCUT2D eigenvalue weighted by Gasteiger charge is 2.26. The van der Waals surface area contributed by atoms with Crippen molar-refractivity contribution in [1.29, 1.82) is 0 Å². The number of hydrogen-bond donors (Lipinski definition) is 1. The van der Waals surface area contributed by atoms with Gasteiger partial charge in [0.15, 0.2) is 0 Å². The van der Waals surface area contributed by atoms with Gasteiger partial charge >= 0.3 is 0 Å². The summed E-state index contributed by atoms with van der Waals surface area (Å²) in [5, 5.41) is 10.6. The van der Waals surface area contributed by atoms with E-state index in [1.165, 1.54) is 16.8 Å². The molecule has 0 fully saturated rings. The molecule has 28 heavy (non-hydrogen) atoms. The fourth-order valence-electron chi connectivity index (χ4n) is 4.07. The first-order chi connectivity index (χ1) is 13.7. The van der Waals surface area contributed by atoms with Crippen LogP contribution in [0.4, 0.5) is 8.78 Å². The van der Waals surface area contributed by atoms with Crippen molar-refractivity contribution in [3.63, 3.8) is 0 Å². The molecule has 0 unspecified atom stereocenters. The molecular weight excluding hydrogens is 378 g/mol. The van der Waals surface area contributed by atoms with Crippen molar-refractivity contribution in [3.05, 3.63) is 72.2 Å². The summed E-state index contributed by atoms with van der Waals surface area (Å²) in [6.07, 6.45) is 5.35. The maximum absolute atomic E-state index is 15.2. The van der Waals surface area contributed by atoms with Gasteiger partial charge in [0.25, 0.3) is 0 Å². The third kappa shape index (κ3) is 1.96. The molecular formula is C22H12F2N2OS. The molecule has 1 aliphatic rings. The van der Waals surface area contributed by atoms with Crippen LogP contribution >= 0.6 is 11.3 Å². The summed E-state index contributed by atoms with van der Waals surface area (Å²) in [7, 11) is 0. The Kier molecular flexibility index (Phi) is 3.11. The quantitative estimate of drug-likeness (QED) is 0.416. The van der Waals surface area contributed by atoms with Crippen molar-refractivity contribution in [1.82, 2.24) is 9.38 Å². The minimum Gasteiger partial charge on any atom is -0.391 e. The Morgan fingerprint density at radius 2 is 1.93 bits per heavy atom. The van der Waals surface area contributed by atoms with E-state index in [0.29, 0.717) is 5.56 Å². The summed E-state index contributed by atoms with van der Waals surface area (Å²) < 4.78 is 32.2. The number of aliphatic hydroxyl groups excluding tert-OH is 1. The number of aromatic nitrogens is 2. The maximum Gasteiger partial charge on any atom is 0.146 e. The van der Waals surface area contributed by atoms with Gasteiger partial charge in [-0.1, -0.05) is 6.07 Å². The Morgan fingerprint density at radius 3 is 2.79 bits per heavy atom. The second-order valence-corrected chi connectivity index (χ2v) is 7.94. The lowest BCUT2D eigenvalue weighted by molar-refractivity contribution is 0.269. The Bertz CT molecular complexity index is 1430. The summed E-state index contributed by atoms with van der Waals surface area (Å²) in [4.78, 5) is 5.59. The first-order valence-corrected chi connectivity index (χ1v) is 9.59. The smallest absolute Gasteiger partial charge is 0.146 e. The van der Waals surface area contributed by atoms with Gasteiger partial charge in [0.05, 0.1) is 6.61 Å².